The Morgan fingerprint density at radius 1 is 0.957 bits per heavy atom. The number of rotatable bonds is 12. The zero-order valence-corrected chi connectivity index (χ0v) is 27.4. The number of amides is 1. The van der Waals surface area contributed by atoms with E-state index in [1.165, 1.54) is 24.3 Å². The summed E-state index contributed by atoms with van der Waals surface area (Å²) in [6.07, 6.45) is -1.16. The number of hydrogen-bond acceptors (Lipinski definition) is 10. The molecule has 11 nitrogen and oxygen atoms in total. The highest BCUT2D eigenvalue weighted by molar-refractivity contribution is 7.91. The fourth-order valence-corrected chi connectivity index (χ4v) is 7.51. The molecule has 2 saturated carbocycles. The van der Waals surface area contributed by atoms with Crippen molar-refractivity contribution in [3.63, 3.8) is 0 Å². The summed E-state index contributed by atoms with van der Waals surface area (Å²) in [5, 5.41) is 6.66. The van der Waals surface area contributed by atoms with Crippen LogP contribution in [0.15, 0.2) is 48.5 Å². The molecule has 2 aromatic carbocycles. The van der Waals surface area contributed by atoms with Gasteiger partial charge in [-0.2, -0.15) is 28.1 Å². The lowest BCUT2D eigenvalue weighted by molar-refractivity contribution is -0.154. The molecule has 0 atom stereocenters. The van der Waals surface area contributed by atoms with Crippen molar-refractivity contribution in [1.29, 1.82) is 0 Å². The Bertz CT molecular complexity index is 1750. The quantitative estimate of drug-likeness (QED) is 0.219. The van der Waals surface area contributed by atoms with Crippen LogP contribution in [0.4, 0.5) is 30.8 Å². The molecule has 3 N–H and O–H groups in total. The summed E-state index contributed by atoms with van der Waals surface area (Å²) in [5.41, 5.74) is 1.02. The molecule has 1 amide bonds. The Hall–Kier alpha value is -3.69. The number of benzene rings is 2. The van der Waals surface area contributed by atoms with Gasteiger partial charge in [0.2, 0.25) is 21.9 Å². The van der Waals surface area contributed by atoms with Crippen LogP contribution in [0.1, 0.15) is 61.9 Å². The number of aromatic nitrogens is 3. The summed E-state index contributed by atoms with van der Waals surface area (Å²) >= 11 is 6.02. The van der Waals surface area contributed by atoms with Crippen LogP contribution in [0.3, 0.4) is 0 Å². The minimum atomic E-state index is -4.61. The number of nitrogens with one attached hydrogen (secondary N) is 3. The van der Waals surface area contributed by atoms with Crippen molar-refractivity contribution in [2.24, 2.45) is 5.41 Å². The third kappa shape index (κ3) is 7.90. The standard InChI is InChI=1S/C31H35ClF3N7O4S/c1-28(2)15-16-42(17-28)18-29(11-12-29)47(44,45)41-24(43)20-3-9-23(10-4-20)36-25-37-26(39-27(38-25)46-19-31(33,34)35)40-30(13-14-30)21-5-7-22(32)8-6-21/h3-10H,11-19H2,1-2H3,(H,41,43)(H2,36,37,38,39,40). The smallest absolute Gasteiger partial charge is 0.422 e. The Balaban J connectivity index is 1.14. The molecule has 3 fully saturated rings. The van der Waals surface area contributed by atoms with Crippen LogP contribution in [-0.4, -0.2) is 71.3 Å². The maximum absolute atomic E-state index is 13.3. The molecule has 2 aliphatic carbocycles. The molecule has 3 aliphatic rings. The highest BCUT2D eigenvalue weighted by atomic mass is 35.5. The van der Waals surface area contributed by atoms with E-state index >= 15 is 0 Å². The summed E-state index contributed by atoms with van der Waals surface area (Å²) in [4.78, 5) is 27.5. The molecule has 0 spiro atoms. The summed E-state index contributed by atoms with van der Waals surface area (Å²) in [7, 11) is -3.93. The second kappa shape index (κ2) is 12.1. The molecular weight excluding hydrogens is 659 g/mol. The van der Waals surface area contributed by atoms with E-state index in [0.717, 1.165) is 37.9 Å². The number of carbonyl (C=O) groups excluding carboxylic acids is 1. The predicted molar refractivity (Wildman–Crippen MR) is 170 cm³/mol. The van der Waals surface area contributed by atoms with Crippen molar-refractivity contribution in [3.05, 3.63) is 64.7 Å². The van der Waals surface area contributed by atoms with Gasteiger partial charge in [0, 0.05) is 29.4 Å². The zero-order valence-electron chi connectivity index (χ0n) is 25.8. The van der Waals surface area contributed by atoms with E-state index in [2.05, 4.69) is 49.1 Å². The van der Waals surface area contributed by atoms with E-state index < -0.39 is 45.0 Å². The first-order chi connectivity index (χ1) is 22.0. The monoisotopic (exact) mass is 693 g/mol. The maximum atomic E-state index is 13.3. The van der Waals surface area contributed by atoms with Crippen LogP contribution >= 0.6 is 11.6 Å². The summed E-state index contributed by atoms with van der Waals surface area (Å²) < 4.78 is 71.3. The minimum absolute atomic E-state index is 0.000159. The highest BCUT2D eigenvalue weighted by Crippen LogP contribution is 2.48. The van der Waals surface area contributed by atoms with Crippen molar-refractivity contribution in [2.45, 2.75) is 62.4 Å². The van der Waals surface area contributed by atoms with Crippen molar-refractivity contribution in [2.75, 3.05) is 36.9 Å². The lowest BCUT2D eigenvalue weighted by Gasteiger charge is -2.25. The van der Waals surface area contributed by atoms with Gasteiger partial charge >= 0.3 is 12.2 Å². The average Bonchev–Trinajstić information content (AvgIpc) is 3.91. The molecule has 0 radical (unpaired) electrons. The number of halogens is 4. The lowest BCUT2D eigenvalue weighted by Crippen LogP contribution is -2.46. The Morgan fingerprint density at radius 2 is 1.62 bits per heavy atom. The van der Waals surface area contributed by atoms with Gasteiger partial charge < -0.3 is 20.3 Å². The van der Waals surface area contributed by atoms with Gasteiger partial charge in [-0.05, 0) is 86.0 Å². The largest absolute Gasteiger partial charge is 0.454 e. The minimum Gasteiger partial charge on any atom is -0.454 e. The third-order valence-corrected chi connectivity index (χ3v) is 11.1. The molecule has 16 heteroatoms. The first-order valence-electron chi connectivity index (χ1n) is 15.2. The van der Waals surface area contributed by atoms with Crippen LogP contribution in [0.2, 0.25) is 5.02 Å². The van der Waals surface area contributed by atoms with E-state index in [1.807, 2.05) is 12.1 Å². The van der Waals surface area contributed by atoms with Crippen molar-refractivity contribution in [1.82, 2.24) is 24.6 Å². The molecule has 1 aliphatic heterocycles. The molecule has 1 saturated heterocycles. The Morgan fingerprint density at radius 3 is 2.19 bits per heavy atom. The normalized spacial score (nSPS) is 19.5. The molecule has 1 aromatic heterocycles. The number of sulfonamides is 1. The van der Waals surface area contributed by atoms with Gasteiger partial charge in [-0.25, -0.2) is 13.1 Å². The van der Waals surface area contributed by atoms with E-state index in [0.29, 0.717) is 30.1 Å². The first-order valence-corrected chi connectivity index (χ1v) is 17.1. The van der Waals surface area contributed by atoms with Crippen LogP contribution in [-0.2, 0) is 15.6 Å². The molecule has 47 heavy (non-hydrogen) atoms. The summed E-state index contributed by atoms with van der Waals surface area (Å²) in [6, 6.07) is 12.5. The number of carbonyl (C=O) groups is 1. The molecule has 252 valence electrons. The molecule has 0 bridgehead atoms. The third-order valence-electron chi connectivity index (χ3n) is 8.75. The van der Waals surface area contributed by atoms with E-state index in [-0.39, 0.29) is 22.9 Å². The Kier molecular flexibility index (Phi) is 8.54. The number of ether oxygens (including phenoxy) is 1. The number of likely N-dealkylation sites (tertiary alicyclic amines) is 1. The molecule has 0 unspecified atom stereocenters. The average molecular weight is 694 g/mol. The number of hydrogen-bond donors (Lipinski definition) is 3. The summed E-state index contributed by atoms with van der Waals surface area (Å²) in [5.74, 6) is -0.858. The van der Waals surface area contributed by atoms with Crippen LogP contribution in [0.5, 0.6) is 6.01 Å². The molecule has 3 aromatic rings. The number of nitrogens with zero attached hydrogens (tertiary/aromatic N) is 4. The number of alkyl halides is 3. The van der Waals surface area contributed by atoms with Gasteiger partial charge in [-0.1, -0.05) is 37.6 Å². The summed E-state index contributed by atoms with van der Waals surface area (Å²) in [6.45, 7) is 4.74. The van der Waals surface area contributed by atoms with Crippen molar-refractivity contribution >= 4 is 45.1 Å². The van der Waals surface area contributed by atoms with E-state index in [1.54, 1.807) is 12.1 Å². The van der Waals surface area contributed by atoms with Gasteiger partial charge in [0.15, 0.2) is 6.61 Å². The SMILES string of the molecule is CC1(C)CCN(CC2(S(=O)(=O)NC(=O)c3ccc(Nc4nc(NC5(c6ccc(Cl)cc6)CC5)nc(OCC(F)(F)F)n4)cc3)CC2)C1. The first kappa shape index (κ1) is 33.2. The molecule has 2 heterocycles. The second-order valence-electron chi connectivity index (χ2n) is 13.3. The van der Waals surface area contributed by atoms with E-state index in [9.17, 15) is 26.4 Å². The van der Waals surface area contributed by atoms with Crippen molar-refractivity contribution < 1.29 is 31.1 Å². The van der Waals surface area contributed by atoms with Gasteiger partial charge in [0.25, 0.3) is 5.91 Å². The van der Waals surface area contributed by atoms with Gasteiger partial charge in [0.05, 0.1) is 5.54 Å². The van der Waals surface area contributed by atoms with Gasteiger partial charge in [-0.15, -0.1) is 0 Å². The van der Waals surface area contributed by atoms with E-state index in [4.69, 9.17) is 16.3 Å². The van der Waals surface area contributed by atoms with Crippen molar-refractivity contribution in [3.8, 4) is 6.01 Å². The fraction of sp³-hybridized carbons (Fsp3) is 0.484. The predicted octanol–water partition coefficient (Wildman–Crippen LogP) is 5.64. The lowest BCUT2D eigenvalue weighted by atomic mass is 9.93. The van der Waals surface area contributed by atoms with Crippen LogP contribution in [0, 0.1) is 5.41 Å². The Labute approximate surface area is 275 Å². The molecular formula is C31H35ClF3N7O4S. The van der Waals surface area contributed by atoms with Crippen LogP contribution < -0.4 is 20.1 Å². The second-order valence-corrected chi connectivity index (χ2v) is 15.8. The van der Waals surface area contributed by atoms with Crippen LogP contribution in [0.25, 0.3) is 0 Å². The molecule has 6 rings (SSSR count). The maximum Gasteiger partial charge on any atom is 0.422 e. The highest BCUT2D eigenvalue weighted by Gasteiger charge is 2.56. The van der Waals surface area contributed by atoms with Gasteiger partial charge in [-0.3, -0.25) is 4.79 Å². The number of anilines is 3. The topological polar surface area (TPSA) is 138 Å². The fourth-order valence-electron chi connectivity index (χ4n) is 5.81. The zero-order chi connectivity index (χ0) is 33.7. The van der Waals surface area contributed by atoms with Gasteiger partial charge in [0.1, 0.15) is 4.75 Å².